The number of rotatable bonds is 11. The molecule has 0 atom stereocenters. The summed E-state index contributed by atoms with van der Waals surface area (Å²) in [6, 6.07) is 21.1. The number of nitrogens with two attached hydrogens (primary N) is 1. The van der Waals surface area contributed by atoms with Crippen LogP contribution in [0.3, 0.4) is 0 Å². The van der Waals surface area contributed by atoms with Gasteiger partial charge in [0.15, 0.2) is 30.4 Å². The maximum Gasteiger partial charge on any atom is 0.181 e. The minimum absolute atomic E-state index is 0.669. The summed E-state index contributed by atoms with van der Waals surface area (Å²) in [7, 11) is 4.11. The second-order valence-electron chi connectivity index (χ2n) is 7.51. The fraction of sp³-hybridized carbons (Fsp3) is 0.269. The van der Waals surface area contributed by atoms with E-state index in [1.807, 2.05) is 23.9 Å². The Hall–Kier alpha value is -2.76. The normalized spacial score (nSPS) is 11.1. The van der Waals surface area contributed by atoms with E-state index in [2.05, 4.69) is 109 Å². The number of quaternary nitrogens is 1. The lowest BCUT2D eigenvalue weighted by Crippen LogP contribution is -2.77. The highest BCUT2D eigenvalue weighted by Crippen LogP contribution is 2.20. The monoisotopic (exact) mass is 435 g/mol. The molecule has 5 heteroatoms. The molecule has 2 N–H and O–H groups in total. The molecule has 1 aromatic heterocycles. The van der Waals surface area contributed by atoms with Crippen LogP contribution in [0.5, 0.6) is 5.75 Å². The molecular formula is C26H33N3OS+2. The number of para-hydroxylation sites is 2. The van der Waals surface area contributed by atoms with Crippen molar-refractivity contribution in [2.75, 3.05) is 37.2 Å². The Morgan fingerprint density at radius 2 is 1.61 bits per heavy atom. The summed E-state index contributed by atoms with van der Waals surface area (Å²) in [5, 5.41) is 2.20. The van der Waals surface area contributed by atoms with Gasteiger partial charge in [-0.1, -0.05) is 36.4 Å². The fourth-order valence-corrected chi connectivity index (χ4v) is 3.81. The number of hydrogen-bond acceptors (Lipinski definition) is 3. The summed E-state index contributed by atoms with van der Waals surface area (Å²) in [6.07, 6.45) is 8.59. The average molecular weight is 436 g/mol. The summed E-state index contributed by atoms with van der Waals surface area (Å²) < 4.78 is 8.17. The smallest absolute Gasteiger partial charge is 0.181 e. The summed E-state index contributed by atoms with van der Waals surface area (Å²) in [5.74, 6) is 2.65. The molecule has 0 unspecified atom stereocenters. The molecule has 1 heterocycles. The molecule has 0 saturated carbocycles. The number of hydrogen-bond donors (Lipinski definition) is 1. The van der Waals surface area contributed by atoms with Crippen LogP contribution in [-0.2, 0) is 6.54 Å². The van der Waals surface area contributed by atoms with Gasteiger partial charge in [0.2, 0.25) is 0 Å². The van der Waals surface area contributed by atoms with Crippen LogP contribution >= 0.6 is 11.8 Å². The van der Waals surface area contributed by atoms with Crippen molar-refractivity contribution in [3.63, 3.8) is 0 Å². The molecule has 162 valence electrons. The maximum atomic E-state index is 5.95. The Bertz CT molecular complexity index is 953. The van der Waals surface area contributed by atoms with Crippen molar-refractivity contribution in [2.24, 2.45) is 0 Å². The number of aryl methyl sites for hydroxylation is 1. The van der Waals surface area contributed by atoms with Crippen LogP contribution in [0.25, 0.3) is 12.2 Å². The number of aromatic nitrogens is 1. The zero-order valence-electron chi connectivity index (χ0n) is 18.7. The number of nitrogens with zero attached hydrogens (tertiary/aromatic N) is 2. The van der Waals surface area contributed by atoms with Crippen molar-refractivity contribution < 1.29 is 14.6 Å². The molecule has 0 radical (unpaired) electrons. The van der Waals surface area contributed by atoms with Gasteiger partial charge in [-0.15, -0.1) is 11.8 Å². The van der Waals surface area contributed by atoms with E-state index in [-0.39, 0.29) is 0 Å². The summed E-state index contributed by atoms with van der Waals surface area (Å²) in [5.41, 5.74) is 4.80. The third-order valence-electron chi connectivity index (χ3n) is 4.93. The maximum absolute atomic E-state index is 5.95. The van der Waals surface area contributed by atoms with E-state index < -0.39 is 0 Å². The first-order chi connectivity index (χ1) is 15.2. The molecule has 2 aromatic carbocycles. The molecule has 4 nitrogen and oxygen atoms in total. The van der Waals surface area contributed by atoms with E-state index in [0.717, 1.165) is 24.6 Å². The number of pyridine rings is 1. The zero-order chi connectivity index (χ0) is 21.9. The molecule has 0 bridgehead atoms. The lowest BCUT2D eigenvalue weighted by atomic mass is 10.1. The molecule has 0 fully saturated rings. The van der Waals surface area contributed by atoms with Gasteiger partial charge in [0, 0.05) is 38.0 Å². The molecular weight excluding hydrogens is 402 g/mol. The van der Waals surface area contributed by atoms with E-state index in [4.69, 9.17) is 4.74 Å². The van der Waals surface area contributed by atoms with Crippen LogP contribution in [0.1, 0.15) is 18.1 Å². The molecule has 0 spiro atoms. The van der Waals surface area contributed by atoms with Gasteiger partial charge in [-0.05, 0) is 36.2 Å². The largest absolute Gasteiger partial charge is 0.477 e. The quantitative estimate of drug-likeness (QED) is 0.212. The van der Waals surface area contributed by atoms with Crippen molar-refractivity contribution in [2.45, 2.75) is 13.5 Å². The van der Waals surface area contributed by atoms with Crippen molar-refractivity contribution >= 4 is 35.3 Å². The lowest BCUT2D eigenvalue weighted by molar-refractivity contribution is -0.692. The van der Waals surface area contributed by atoms with Gasteiger partial charge < -0.3 is 15.0 Å². The van der Waals surface area contributed by atoms with E-state index >= 15 is 0 Å². The van der Waals surface area contributed by atoms with E-state index in [0.29, 0.717) is 5.94 Å². The molecule has 3 rings (SSSR count). The van der Waals surface area contributed by atoms with Crippen molar-refractivity contribution in [1.82, 2.24) is 0 Å². The predicted molar refractivity (Wildman–Crippen MR) is 133 cm³/mol. The van der Waals surface area contributed by atoms with Crippen molar-refractivity contribution in [3.8, 4) is 5.75 Å². The van der Waals surface area contributed by atoms with Crippen LogP contribution in [0, 0.1) is 0 Å². The highest BCUT2D eigenvalue weighted by atomic mass is 32.2. The van der Waals surface area contributed by atoms with E-state index in [1.54, 1.807) is 0 Å². The minimum atomic E-state index is 0.669. The Kier molecular flexibility index (Phi) is 9.00. The molecule has 0 aliphatic carbocycles. The number of benzene rings is 2. The minimum Gasteiger partial charge on any atom is -0.477 e. The summed E-state index contributed by atoms with van der Waals surface area (Å²) in [6.45, 7) is 4.12. The first kappa shape index (κ1) is 22.9. The molecule has 3 aromatic rings. The standard InChI is InChI=1S/C26H32N3OS/c1-4-27-25-7-5-6-8-26(25)30-21-31-20-19-29-17-15-23(16-18-29)10-9-22-11-13-24(14-12-22)28(2)3/h5-18,27H,4,19-21H2,1-3H3/q+1/p+1. The third kappa shape index (κ3) is 7.46. The topological polar surface area (TPSA) is 33.0 Å². The molecule has 0 saturated heterocycles. The lowest BCUT2D eigenvalue weighted by Gasteiger charge is -2.11. The number of anilines is 1. The second-order valence-corrected chi connectivity index (χ2v) is 8.56. The Morgan fingerprint density at radius 3 is 2.29 bits per heavy atom. The highest BCUT2D eigenvalue weighted by molar-refractivity contribution is 7.99. The molecule has 0 aliphatic rings. The first-order valence-corrected chi connectivity index (χ1v) is 11.9. The van der Waals surface area contributed by atoms with Gasteiger partial charge in [0.25, 0.3) is 0 Å². The van der Waals surface area contributed by atoms with Gasteiger partial charge in [0.1, 0.15) is 5.94 Å². The number of thioether (sulfide) groups is 1. The number of ether oxygens (including phenoxy) is 1. The summed E-state index contributed by atoms with van der Waals surface area (Å²) >= 11 is 1.81. The van der Waals surface area contributed by atoms with E-state index in [1.165, 1.54) is 22.5 Å². The Labute approximate surface area is 190 Å². The average Bonchev–Trinajstić information content (AvgIpc) is 2.80. The van der Waals surface area contributed by atoms with Gasteiger partial charge >= 0.3 is 0 Å². The zero-order valence-corrected chi connectivity index (χ0v) is 19.5. The van der Waals surface area contributed by atoms with Crippen molar-refractivity contribution in [3.05, 3.63) is 84.2 Å². The molecule has 0 aliphatic heterocycles. The highest BCUT2D eigenvalue weighted by Gasteiger charge is 2.06. The van der Waals surface area contributed by atoms with Crippen LogP contribution in [0.4, 0.5) is 11.4 Å². The van der Waals surface area contributed by atoms with Gasteiger partial charge in [-0.2, -0.15) is 0 Å². The van der Waals surface area contributed by atoms with Crippen molar-refractivity contribution in [1.29, 1.82) is 0 Å². The Morgan fingerprint density at radius 1 is 0.935 bits per heavy atom. The van der Waals surface area contributed by atoms with Gasteiger partial charge in [-0.3, -0.25) is 0 Å². The second kappa shape index (κ2) is 12.2. The van der Waals surface area contributed by atoms with Gasteiger partial charge in [-0.25, -0.2) is 4.57 Å². The van der Waals surface area contributed by atoms with Crippen LogP contribution in [0.15, 0.2) is 73.1 Å². The van der Waals surface area contributed by atoms with E-state index in [9.17, 15) is 0 Å². The third-order valence-corrected chi connectivity index (χ3v) is 5.69. The van der Waals surface area contributed by atoms with Crippen LogP contribution < -0.4 is 19.5 Å². The fourth-order valence-electron chi connectivity index (χ4n) is 3.14. The van der Waals surface area contributed by atoms with Gasteiger partial charge in [0.05, 0.1) is 12.3 Å². The summed E-state index contributed by atoms with van der Waals surface area (Å²) in [4.78, 5) is 2.11. The molecule has 0 amide bonds. The first-order valence-electron chi connectivity index (χ1n) is 10.7. The van der Waals surface area contributed by atoms with Crippen LogP contribution in [0.2, 0.25) is 0 Å². The Balaban J connectivity index is 1.41. The van der Waals surface area contributed by atoms with Crippen LogP contribution in [-0.4, -0.2) is 32.3 Å². The predicted octanol–water partition coefficient (Wildman–Crippen LogP) is 4.20. The SMILES string of the molecule is CC[NH2+]c1ccccc1OCSCC[n+]1ccc(C=Cc2ccc(N(C)C)cc2)cc1. The molecule has 31 heavy (non-hydrogen) atoms.